The Morgan fingerprint density at radius 2 is 2.16 bits per heavy atom. The predicted octanol–water partition coefficient (Wildman–Crippen LogP) is 1.49. The minimum absolute atomic E-state index is 0.0772. The van der Waals surface area contributed by atoms with Crippen molar-refractivity contribution in [2.45, 2.75) is 12.3 Å². The van der Waals surface area contributed by atoms with E-state index < -0.39 is 11.7 Å². The van der Waals surface area contributed by atoms with Crippen molar-refractivity contribution in [1.29, 1.82) is 0 Å². The molecule has 3 N–H and O–H groups in total. The first-order valence-corrected chi connectivity index (χ1v) is 5.86. The maximum atomic E-state index is 12.5. The lowest BCUT2D eigenvalue weighted by Gasteiger charge is -2.34. The third-order valence-electron chi connectivity index (χ3n) is 3.04. The van der Waals surface area contributed by atoms with Gasteiger partial charge in [0.1, 0.15) is 0 Å². The maximum Gasteiger partial charge on any atom is 0.416 e. The van der Waals surface area contributed by atoms with E-state index in [9.17, 15) is 13.2 Å². The fraction of sp³-hybridized carbons (Fsp3) is 0.500. The monoisotopic (exact) mass is 276 g/mol. The second-order valence-corrected chi connectivity index (χ2v) is 4.39. The molecular formula is C12H15F3N2O2. The minimum atomic E-state index is -4.40. The van der Waals surface area contributed by atoms with Crippen LogP contribution in [0.2, 0.25) is 0 Å². The van der Waals surface area contributed by atoms with Crippen molar-refractivity contribution in [1.82, 2.24) is 0 Å². The quantitative estimate of drug-likeness (QED) is 0.803. The highest BCUT2D eigenvalue weighted by Gasteiger charge is 2.31. The summed E-state index contributed by atoms with van der Waals surface area (Å²) in [4.78, 5) is 1.82. The van der Waals surface area contributed by atoms with Crippen LogP contribution in [0.3, 0.4) is 0 Å². The topological polar surface area (TPSA) is 58.7 Å². The number of ether oxygens (including phenoxy) is 1. The predicted molar refractivity (Wildman–Crippen MR) is 64.9 cm³/mol. The third-order valence-corrected chi connectivity index (χ3v) is 3.04. The highest BCUT2D eigenvalue weighted by atomic mass is 19.4. The van der Waals surface area contributed by atoms with Gasteiger partial charge in [0.25, 0.3) is 0 Å². The van der Waals surface area contributed by atoms with E-state index in [2.05, 4.69) is 0 Å². The number of anilines is 2. The van der Waals surface area contributed by atoms with E-state index in [4.69, 9.17) is 15.6 Å². The van der Waals surface area contributed by atoms with Crippen molar-refractivity contribution < 1.29 is 23.0 Å². The zero-order valence-corrected chi connectivity index (χ0v) is 10.2. The molecule has 4 nitrogen and oxygen atoms in total. The number of halogens is 3. The number of morpholine rings is 1. The van der Waals surface area contributed by atoms with Crippen molar-refractivity contribution in [3.05, 3.63) is 23.8 Å². The van der Waals surface area contributed by atoms with E-state index in [-0.39, 0.29) is 18.4 Å². The van der Waals surface area contributed by atoms with Gasteiger partial charge in [-0.1, -0.05) is 0 Å². The molecule has 0 bridgehead atoms. The van der Waals surface area contributed by atoms with Crippen molar-refractivity contribution in [2.75, 3.05) is 36.9 Å². The lowest BCUT2D eigenvalue weighted by Crippen LogP contribution is -2.44. The lowest BCUT2D eigenvalue weighted by molar-refractivity contribution is -0.137. The number of aliphatic hydroxyl groups excluding tert-OH is 1. The molecule has 19 heavy (non-hydrogen) atoms. The number of nitrogen functional groups attached to an aromatic ring is 1. The molecule has 1 aliphatic rings. The van der Waals surface area contributed by atoms with Gasteiger partial charge < -0.3 is 20.5 Å². The Morgan fingerprint density at radius 3 is 2.74 bits per heavy atom. The van der Waals surface area contributed by atoms with Gasteiger partial charge in [-0.25, -0.2) is 0 Å². The van der Waals surface area contributed by atoms with Crippen molar-refractivity contribution in [2.24, 2.45) is 0 Å². The van der Waals surface area contributed by atoms with E-state index in [0.29, 0.717) is 25.4 Å². The van der Waals surface area contributed by atoms with Gasteiger partial charge in [0.15, 0.2) is 0 Å². The molecule has 0 saturated carbocycles. The number of hydrogen-bond acceptors (Lipinski definition) is 4. The number of hydrogen-bond donors (Lipinski definition) is 2. The Labute approximate surface area is 108 Å². The van der Waals surface area contributed by atoms with Gasteiger partial charge in [0, 0.05) is 13.1 Å². The van der Waals surface area contributed by atoms with Crippen LogP contribution in [-0.2, 0) is 10.9 Å². The van der Waals surface area contributed by atoms with Crippen molar-refractivity contribution >= 4 is 11.4 Å². The number of aliphatic hydroxyl groups is 1. The Balaban J connectivity index is 2.21. The first-order chi connectivity index (χ1) is 8.91. The SMILES string of the molecule is Nc1cc(C(F)(F)F)ccc1N1CCOC(CO)C1. The first kappa shape index (κ1) is 14.0. The van der Waals surface area contributed by atoms with Crippen molar-refractivity contribution in [3.8, 4) is 0 Å². The smallest absolute Gasteiger partial charge is 0.397 e. The highest BCUT2D eigenvalue weighted by molar-refractivity contribution is 5.69. The summed E-state index contributed by atoms with van der Waals surface area (Å²) in [7, 11) is 0. The molecule has 1 saturated heterocycles. The van der Waals surface area contributed by atoms with Crippen LogP contribution in [0.1, 0.15) is 5.56 Å². The summed E-state index contributed by atoms with van der Waals surface area (Å²) in [6, 6.07) is 3.30. The molecule has 0 radical (unpaired) electrons. The van der Waals surface area contributed by atoms with Gasteiger partial charge in [-0.2, -0.15) is 13.2 Å². The molecule has 1 aromatic carbocycles. The zero-order valence-electron chi connectivity index (χ0n) is 10.2. The van der Waals surface area contributed by atoms with Gasteiger partial charge in [-0.15, -0.1) is 0 Å². The van der Waals surface area contributed by atoms with Gasteiger partial charge in [-0.3, -0.25) is 0 Å². The molecule has 106 valence electrons. The molecule has 7 heteroatoms. The van der Waals surface area contributed by atoms with E-state index in [1.54, 1.807) is 0 Å². The van der Waals surface area contributed by atoms with Gasteiger partial charge >= 0.3 is 6.18 Å². The van der Waals surface area contributed by atoms with Crippen LogP contribution in [0.4, 0.5) is 24.5 Å². The van der Waals surface area contributed by atoms with Crippen LogP contribution in [0.15, 0.2) is 18.2 Å². The molecule has 1 atom stereocenters. The summed E-state index contributed by atoms with van der Waals surface area (Å²) < 4.78 is 42.9. The standard InChI is InChI=1S/C12H15F3N2O2/c13-12(14,15)8-1-2-11(10(16)5-8)17-3-4-19-9(6-17)7-18/h1-2,5,9,18H,3-4,6-7,16H2. The van der Waals surface area contributed by atoms with Gasteiger partial charge in [0.05, 0.1) is 36.3 Å². The number of alkyl halides is 3. The summed E-state index contributed by atoms with van der Waals surface area (Å²) in [6.07, 6.45) is -4.74. The Hall–Kier alpha value is -1.47. The van der Waals surface area contributed by atoms with Crippen LogP contribution in [0.25, 0.3) is 0 Å². The van der Waals surface area contributed by atoms with E-state index >= 15 is 0 Å². The van der Waals surface area contributed by atoms with Crippen LogP contribution < -0.4 is 10.6 Å². The maximum absolute atomic E-state index is 12.5. The summed E-state index contributed by atoms with van der Waals surface area (Å²) in [5.74, 6) is 0. The highest BCUT2D eigenvalue weighted by Crippen LogP contribution is 2.34. The second-order valence-electron chi connectivity index (χ2n) is 4.39. The van der Waals surface area contributed by atoms with Crippen LogP contribution in [-0.4, -0.2) is 37.5 Å². The molecular weight excluding hydrogens is 261 g/mol. The van der Waals surface area contributed by atoms with Gasteiger partial charge in [-0.05, 0) is 18.2 Å². The number of benzene rings is 1. The minimum Gasteiger partial charge on any atom is -0.397 e. The van der Waals surface area contributed by atoms with Gasteiger partial charge in [0.2, 0.25) is 0 Å². The molecule has 1 fully saturated rings. The normalized spacial score (nSPS) is 20.6. The molecule has 1 aromatic rings. The Kier molecular flexibility index (Phi) is 3.86. The Bertz CT molecular complexity index is 451. The number of nitrogens with zero attached hydrogens (tertiary/aromatic N) is 1. The molecule has 2 rings (SSSR count). The Morgan fingerprint density at radius 1 is 1.42 bits per heavy atom. The number of nitrogens with two attached hydrogens (primary N) is 1. The lowest BCUT2D eigenvalue weighted by atomic mass is 10.1. The number of rotatable bonds is 2. The van der Waals surface area contributed by atoms with E-state index in [0.717, 1.165) is 12.1 Å². The molecule has 1 unspecified atom stereocenters. The fourth-order valence-electron chi connectivity index (χ4n) is 2.07. The average Bonchev–Trinajstić information content (AvgIpc) is 2.37. The van der Waals surface area contributed by atoms with E-state index in [1.807, 2.05) is 4.90 Å². The zero-order chi connectivity index (χ0) is 14.0. The second kappa shape index (κ2) is 5.26. The van der Waals surface area contributed by atoms with Crippen LogP contribution in [0.5, 0.6) is 0 Å². The molecule has 1 heterocycles. The third kappa shape index (κ3) is 3.10. The molecule has 0 aromatic heterocycles. The fourth-order valence-corrected chi connectivity index (χ4v) is 2.07. The summed E-state index contributed by atoms with van der Waals surface area (Å²) >= 11 is 0. The summed E-state index contributed by atoms with van der Waals surface area (Å²) in [5.41, 5.74) is 5.54. The largest absolute Gasteiger partial charge is 0.416 e. The van der Waals surface area contributed by atoms with Crippen LogP contribution >= 0.6 is 0 Å². The molecule has 0 aliphatic carbocycles. The molecule has 1 aliphatic heterocycles. The first-order valence-electron chi connectivity index (χ1n) is 5.86. The summed E-state index contributed by atoms with van der Waals surface area (Å²) in [6.45, 7) is 1.22. The van der Waals surface area contributed by atoms with E-state index in [1.165, 1.54) is 6.07 Å². The molecule has 0 spiro atoms. The van der Waals surface area contributed by atoms with Crippen molar-refractivity contribution in [3.63, 3.8) is 0 Å². The average molecular weight is 276 g/mol. The van der Waals surface area contributed by atoms with Crippen LogP contribution in [0, 0.1) is 0 Å². The summed E-state index contributed by atoms with van der Waals surface area (Å²) in [5, 5.41) is 9.04. The molecule has 0 amide bonds.